The van der Waals surface area contributed by atoms with E-state index in [1.165, 1.54) is 32.1 Å². The van der Waals surface area contributed by atoms with Gasteiger partial charge in [0.25, 0.3) is 0 Å². The summed E-state index contributed by atoms with van der Waals surface area (Å²) >= 11 is 0. The molecule has 0 saturated carbocycles. The van der Waals surface area contributed by atoms with Gasteiger partial charge < -0.3 is 23.7 Å². The molecule has 0 unspecified atom stereocenters. The molecule has 0 fully saturated rings. The molecular formula is C19H40O5. The van der Waals surface area contributed by atoms with Crippen molar-refractivity contribution in [3.05, 3.63) is 0 Å². The Kier molecular flexibility index (Phi) is 20.7. The van der Waals surface area contributed by atoms with Crippen LogP contribution in [0.25, 0.3) is 0 Å². The van der Waals surface area contributed by atoms with E-state index in [4.69, 9.17) is 23.7 Å². The maximum Gasteiger partial charge on any atom is 0.0703 e. The van der Waals surface area contributed by atoms with Crippen LogP contribution in [0.5, 0.6) is 0 Å². The Morgan fingerprint density at radius 1 is 0.500 bits per heavy atom. The van der Waals surface area contributed by atoms with Crippen molar-refractivity contribution in [1.82, 2.24) is 0 Å². The largest absolute Gasteiger partial charge is 0.379 e. The Bertz CT molecular complexity index is 224. The fourth-order valence-corrected chi connectivity index (χ4v) is 2.09. The van der Waals surface area contributed by atoms with Crippen molar-refractivity contribution in [1.29, 1.82) is 0 Å². The average molecular weight is 349 g/mol. The van der Waals surface area contributed by atoms with Gasteiger partial charge in [-0.05, 0) is 20.3 Å². The molecule has 5 nitrogen and oxygen atoms in total. The van der Waals surface area contributed by atoms with Gasteiger partial charge in [0.15, 0.2) is 0 Å². The summed E-state index contributed by atoms with van der Waals surface area (Å²) in [5.41, 5.74) is 0. The van der Waals surface area contributed by atoms with Crippen molar-refractivity contribution < 1.29 is 23.7 Å². The zero-order valence-electron chi connectivity index (χ0n) is 16.2. The van der Waals surface area contributed by atoms with Crippen LogP contribution in [0.4, 0.5) is 0 Å². The molecule has 0 aromatic heterocycles. The molecule has 146 valence electrons. The van der Waals surface area contributed by atoms with Crippen LogP contribution in [0, 0.1) is 0 Å². The smallest absolute Gasteiger partial charge is 0.0703 e. The molecule has 0 aliphatic carbocycles. The summed E-state index contributed by atoms with van der Waals surface area (Å²) < 4.78 is 27.2. The summed E-state index contributed by atoms with van der Waals surface area (Å²) in [6.07, 6.45) is 8.05. The van der Waals surface area contributed by atoms with Gasteiger partial charge in [-0.15, -0.1) is 0 Å². The fourth-order valence-electron chi connectivity index (χ4n) is 2.09. The molecule has 0 spiro atoms. The van der Waals surface area contributed by atoms with E-state index in [0.717, 1.165) is 13.0 Å². The first-order valence-electron chi connectivity index (χ1n) is 9.70. The van der Waals surface area contributed by atoms with Crippen LogP contribution in [0.2, 0.25) is 0 Å². The van der Waals surface area contributed by atoms with E-state index < -0.39 is 0 Å². The zero-order valence-corrected chi connectivity index (χ0v) is 16.2. The van der Waals surface area contributed by atoms with Crippen molar-refractivity contribution in [2.75, 3.05) is 59.5 Å². The van der Waals surface area contributed by atoms with Gasteiger partial charge in [0.1, 0.15) is 0 Å². The topological polar surface area (TPSA) is 46.2 Å². The second-order valence-corrected chi connectivity index (χ2v) is 6.14. The van der Waals surface area contributed by atoms with Crippen molar-refractivity contribution in [2.24, 2.45) is 0 Å². The minimum absolute atomic E-state index is 0.261. The Hall–Kier alpha value is -0.200. The standard InChI is InChI=1S/C19H40O5/c1-4-5-6-7-8-9-10-20-11-12-21-13-14-22-15-16-23-17-18-24-19(2)3/h19H,4-18H2,1-3H3. The molecule has 0 saturated heterocycles. The maximum absolute atomic E-state index is 5.54. The van der Waals surface area contributed by atoms with Crippen LogP contribution < -0.4 is 0 Å². The van der Waals surface area contributed by atoms with Gasteiger partial charge in [-0.25, -0.2) is 0 Å². The van der Waals surface area contributed by atoms with Gasteiger partial charge in [-0.3, -0.25) is 0 Å². The van der Waals surface area contributed by atoms with Gasteiger partial charge >= 0.3 is 0 Å². The zero-order chi connectivity index (χ0) is 17.7. The number of ether oxygens (including phenoxy) is 5. The molecule has 0 radical (unpaired) electrons. The number of rotatable bonds is 20. The molecule has 0 bridgehead atoms. The second kappa shape index (κ2) is 20.8. The minimum atomic E-state index is 0.261. The van der Waals surface area contributed by atoms with Gasteiger partial charge in [0.05, 0.1) is 59.0 Å². The highest BCUT2D eigenvalue weighted by atomic mass is 16.6. The van der Waals surface area contributed by atoms with E-state index in [9.17, 15) is 0 Å². The first-order valence-corrected chi connectivity index (χ1v) is 9.70. The normalized spacial score (nSPS) is 11.5. The first kappa shape index (κ1) is 23.8. The molecule has 0 atom stereocenters. The summed E-state index contributed by atoms with van der Waals surface area (Å²) in [7, 11) is 0. The van der Waals surface area contributed by atoms with Gasteiger partial charge in [-0.1, -0.05) is 39.0 Å². The number of hydrogen-bond donors (Lipinski definition) is 0. The SMILES string of the molecule is CCCCCCCCOCCOCCOCCOCCOC(C)C. The van der Waals surface area contributed by atoms with Gasteiger partial charge in [-0.2, -0.15) is 0 Å². The van der Waals surface area contributed by atoms with E-state index in [1.807, 2.05) is 13.8 Å². The quantitative estimate of drug-likeness (QED) is 0.313. The lowest BCUT2D eigenvalue weighted by Crippen LogP contribution is -2.14. The monoisotopic (exact) mass is 348 g/mol. The van der Waals surface area contributed by atoms with Crippen LogP contribution in [0.15, 0.2) is 0 Å². The van der Waals surface area contributed by atoms with Crippen molar-refractivity contribution in [3.8, 4) is 0 Å². The van der Waals surface area contributed by atoms with Crippen molar-refractivity contribution in [2.45, 2.75) is 65.4 Å². The summed E-state index contributed by atoms with van der Waals surface area (Å²) in [4.78, 5) is 0. The molecular weight excluding hydrogens is 308 g/mol. The van der Waals surface area contributed by atoms with Crippen LogP contribution in [-0.4, -0.2) is 65.6 Å². The lowest BCUT2D eigenvalue weighted by molar-refractivity contribution is -0.0176. The Morgan fingerprint density at radius 3 is 1.42 bits per heavy atom. The van der Waals surface area contributed by atoms with E-state index in [0.29, 0.717) is 52.9 Å². The lowest BCUT2D eigenvalue weighted by atomic mass is 10.1. The van der Waals surface area contributed by atoms with Crippen LogP contribution in [-0.2, 0) is 23.7 Å². The third-order valence-electron chi connectivity index (χ3n) is 3.44. The molecule has 24 heavy (non-hydrogen) atoms. The molecule has 5 heteroatoms. The highest BCUT2D eigenvalue weighted by Crippen LogP contribution is 2.04. The molecule has 0 amide bonds. The van der Waals surface area contributed by atoms with E-state index in [1.54, 1.807) is 0 Å². The van der Waals surface area contributed by atoms with Crippen LogP contribution >= 0.6 is 0 Å². The summed E-state index contributed by atoms with van der Waals surface area (Å²) in [5, 5.41) is 0. The minimum Gasteiger partial charge on any atom is -0.379 e. The first-order chi connectivity index (χ1) is 11.8. The summed E-state index contributed by atoms with van der Waals surface area (Å²) in [5.74, 6) is 0. The Morgan fingerprint density at radius 2 is 0.917 bits per heavy atom. The molecule has 0 aromatic carbocycles. The predicted octanol–water partition coefficient (Wildman–Crippen LogP) is 3.84. The highest BCUT2D eigenvalue weighted by Gasteiger charge is 1.95. The van der Waals surface area contributed by atoms with Crippen LogP contribution in [0.3, 0.4) is 0 Å². The molecule has 0 rings (SSSR count). The summed E-state index contributed by atoms with van der Waals surface area (Å²) in [6.45, 7) is 12.1. The fraction of sp³-hybridized carbons (Fsp3) is 1.00. The number of unbranched alkanes of at least 4 members (excludes halogenated alkanes) is 5. The molecule has 0 aromatic rings. The number of hydrogen-bond acceptors (Lipinski definition) is 5. The second-order valence-electron chi connectivity index (χ2n) is 6.14. The van der Waals surface area contributed by atoms with Crippen LogP contribution in [0.1, 0.15) is 59.3 Å². The Balaban J connectivity index is 2.95. The van der Waals surface area contributed by atoms with E-state index >= 15 is 0 Å². The van der Waals surface area contributed by atoms with Gasteiger partial charge in [0.2, 0.25) is 0 Å². The molecule has 0 N–H and O–H groups in total. The average Bonchev–Trinajstić information content (AvgIpc) is 2.56. The van der Waals surface area contributed by atoms with Crippen molar-refractivity contribution in [3.63, 3.8) is 0 Å². The van der Waals surface area contributed by atoms with Crippen molar-refractivity contribution >= 4 is 0 Å². The third kappa shape index (κ3) is 21.8. The highest BCUT2D eigenvalue weighted by molar-refractivity contribution is 4.43. The molecule has 0 aliphatic heterocycles. The molecule has 0 aliphatic rings. The maximum atomic E-state index is 5.54. The van der Waals surface area contributed by atoms with E-state index in [2.05, 4.69) is 6.92 Å². The predicted molar refractivity (Wildman–Crippen MR) is 97.7 cm³/mol. The molecule has 0 heterocycles. The van der Waals surface area contributed by atoms with Gasteiger partial charge in [0, 0.05) is 6.61 Å². The lowest BCUT2D eigenvalue weighted by Gasteiger charge is -2.09. The summed E-state index contributed by atoms with van der Waals surface area (Å²) in [6, 6.07) is 0. The Labute approximate surface area is 149 Å². The third-order valence-corrected chi connectivity index (χ3v) is 3.44. The van der Waals surface area contributed by atoms with E-state index in [-0.39, 0.29) is 6.10 Å².